The lowest BCUT2D eigenvalue weighted by atomic mass is 10.2. The lowest BCUT2D eigenvalue weighted by Gasteiger charge is -2.34. The number of benzene rings is 1. The van der Waals surface area contributed by atoms with E-state index < -0.39 is 10.9 Å². The lowest BCUT2D eigenvalue weighted by molar-refractivity contribution is -0.384. The second kappa shape index (κ2) is 8.63. The molecule has 1 aromatic rings. The number of nitrogens with zero attached hydrogens (tertiary/aromatic N) is 2. The van der Waals surface area contributed by atoms with Gasteiger partial charge in [0.15, 0.2) is 5.70 Å². The molecule has 1 N–H and O–H groups in total. The fraction of sp³-hybridized carbons (Fsp3) is 0.312. The van der Waals surface area contributed by atoms with Crippen LogP contribution in [0, 0.1) is 10.1 Å². The van der Waals surface area contributed by atoms with Crippen LogP contribution in [0.1, 0.15) is 12.0 Å². The molecule has 0 spiro atoms. The van der Waals surface area contributed by atoms with E-state index in [1.807, 2.05) is 0 Å². The molecule has 0 aliphatic carbocycles. The Morgan fingerprint density at radius 3 is 2.71 bits per heavy atom. The van der Waals surface area contributed by atoms with Crippen LogP contribution in [-0.2, 0) is 30.6 Å². The summed E-state index contributed by atoms with van der Waals surface area (Å²) in [5.74, 6) is -1.23. The minimum absolute atomic E-state index is 0.0179. The normalized spacial score (nSPS) is 17.8. The van der Waals surface area contributed by atoms with Gasteiger partial charge in [0.1, 0.15) is 6.61 Å². The van der Waals surface area contributed by atoms with Crippen molar-refractivity contribution in [3.05, 3.63) is 49.9 Å². The van der Waals surface area contributed by atoms with E-state index in [4.69, 9.17) is 4.74 Å². The Kier molecular flexibility index (Phi) is 6.21. The fourth-order valence-corrected chi connectivity index (χ4v) is 5.03. The number of hydroxylamine groups is 1. The number of carbonyl (C=O) groups excluding carboxylic acids is 3. The first-order chi connectivity index (χ1) is 13.4. The largest absolute Gasteiger partial charge is 0.456 e. The van der Waals surface area contributed by atoms with Crippen molar-refractivity contribution in [2.45, 2.75) is 18.4 Å². The molecule has 10 nitrogen and oxygen atoms in total. The molecule has 3 rings (SSSR count). The molecule has 0 bridgehead atoms. The molecule has 1 fully saturated rings. The van der Waals surface area contributed by atoms with Gasteiger partial charge in [-0.1, -0.05) is 11.8 Å². The first-order valence-corrected chi connectivity index (χ1v) is 9.85. The van der Waals surface area contributed by atoms with Gasteiger partial charge in [-0.25, -0.2) is 10.3 Å². The fourth-order valence-electron chi connectivity index (χ4n) is 2.52. The summed E-state index contributed by atoms with van der Waals surface area (Å²) in [7, 11) is 1.32. The number of nitro benzene ring substituents is 1. The maximum atomic E-state index is 12.6. The molecule has 2 aliphatic rings. The quantitative estimate of drug-likeness (QED) is 0.285. The van der Waals surface area contributed by atoms with Crippen LogP contribution in [0.5, 0.6) is 0 Å². The van der Waals surface area contributed by atoms with Gasteiger partial charge in [-0.3, -0.25) is 29.4 Å². The Labute approximate surface area is 167 Å². The first-order valence-electron chi connectivity index (χ1n) is 7.98. The van der Waals surface area contributed by atoms with Gasteiger partial charge in [0, 0.05) is 12.1 Å². The number of rotatable bonds is 8. The van der Waals surface area contributed by atoms with Crippen molar-refractivity contribution >= 4 is 47.0 Å². The predicted molar refractivity (Wildman–Crippen MR) is 100 cm³/mol. The summed E-state index contributed by atoms with van der Waals surface area (Å²) in [5.41, 5.74) is 2.82. The molecule has 1 atom stereocenters. The third-order valence-electron chi connectivity index (χ3n) is 3.84. The number of carbonyl (C=O) groups is 3. The molecular weight excluding hydrogens is 410 g/mol. The van der Waals surface area contributed by atoms with Crippen LogP contribution < -0.4 is 5.48 Å². The number of hydrogen-bond acceptors (Lipinski definition) is 9. The third kappa shape index (κ3) is 4.29. The summed E-state index contributed by atoms with van der Waals surface area (Å²) in [6.07, 6.45) is 0.318. The van der Waals surface area contributed by atoms with Crippen molar-refractivity contribution in [3.63, 3.8) is 0 Å². The molecule has 2 amide bonds. The molecular formula is C16H15N3O7S2. The summed E-state index contributed by atoms with van der Waals surface area (Å²) >= 11 is 2.46. The molecule has 148 valence electrons. The van der Waals surface area contributed by atoms with E-state index in [9.17, 15) is 24.5 Å². The molecule has 1 aromatic carbocycles. The molecule has 12 heteroatoms. The number of nitro groups is 1. The number of thioether (sulfide) groups is 2. The third-order valence-corrected chi connectivity index (χ3v) is 6.41. The van der Waals surface area contributed by atoms with Crippen LogP contribution >= 0.6 is 23.5 Å². The lowest BCUT2D eigenvalue weighted by Crippen LogP contribution is -2.48. The second-order valence-corrected chi connectivity index (χ2v) is 8.13. The highest BCUT2D eigenvalue weighted by Gasteiger charge is 2.49. The number of non-ortho nitro benzene ring substituents is 1. The zero-order valence-corrected chi connectivity index (χ0v) is 16.2. The van der Waals surface area contributed by atoms with Crippen molar-refractivity contribution in [2.24, 2.45) is 0 Å². The zero-order valence-electron chi connectivity index (χ0n) is 14.6. The summed E-state index contributed by atoms with van der Waals surface area (Å²) in [6, 6.07) is 5.62. The van der Waals surface area contributed by atoms with Crippen LogP contribution in [0.15, 0.2) is 34.2 Å². The van der Waals surface area contributed by atoms with E-state index in [2.05, 4.69) is 10.3 Å². The summed E-state index contributed by atoms with van der Waals surface area (Å²) in [4.78, 5) is 52.1. The minimum atomic E-state index is -0.684. The van der Waals surface area contributed by atoms with Gasteiger partial charge in [-0.2, -0.15) is 0 Å². The SMILES string of the molecule is CONC(=O)CSC1=C(C(=O)OCc2ccc([N+](=O)[O-])cc2)N2C(=O)C[C@H]2S1. The molecule has 28 heavy (non-hydrogen) atoms. The van der Waals surface area contributed by atoms with E-state index >= 15 is 0 Å². The van der Waals surface area contributed by atoms with Crippen molar-refractivity contribution in [1.29, 1.82) is 0 Å². The van der Waals surface area contributed by atoms with E-state index in [1.165, 1.54) is 48.0 Å². The van der Waals surface area contributed by atoms with Gasteiger partial charge in [-0.05, 0) is 17.7 Å². The molecule has 2 aliphatic heterocycles. The van der Waals surface area contributed by atoms with Crippen LogP contribution in [-0.4, -0.2) is 45.8 Å². The topological polar surface area (TPSA) is 128 Å². The molecule has 1 saturated heterocycles. The van der Waals surface area contributed by atoms with Crippen molar-refractivity contribution in [1.82, 2.24) is 10.4 Å². The van der Waals surface area contributed by atoms with Crippen LogP contribution in [0.25, 0.3) is 0 Å². The monoisotopic (exact) mass is 425 g/mol. The van der Waals surface area contributed by atoms with Gasteiger partial charge in [0.25, 0.3) is 11.6 Å². The van der Waals surface area contributed by atoms with Gasteiger partial charge in [-0.15, -0.1) is 11.8 Å². The smallest absolute Gasteiger partial charge is 0.357 e. The highest BCUT2D eigenvalue weighted by atomic mass is 32.2. The number of β-lactam (4-membered cyclic amide) rings is 1. The van der Waals surface area contributed by atoms with Gasteiger partial charge in [0.2, 0.25) is 5.91 Å². The average molecular weight is 425 g/mol. The summed E-state index contributed by atoms with van der Waals surface area (Å²) < 4.78 is 5.82. The van der Waals surface area contributed by atoms with Crippen molar-refractivity contribution in [3.8, 4) is 0 Å². The molecule has 2 heterocycles. The Bertz CT molecular complexity index is 856. The van der Waals surface area contributed by atoms with Crippen molar-refractivity contribution in [2.75, 3.05) is 12.9 Å². The van der Waals surface area contributed by atoms with Crippen LogP contribution in [0.4, 0.5) is 5.69 Å². The maximum Gasteiger partial charge on any atom is 0.357 e. The molecule has 0 saturated carbocycles. The zero-order chi connectivity index (χ0) is 20.3. The number of nitrogens with one attached hydrogen (secondary N) is 1. The number of amides is 2. The summed E-state index contributed by atoms with van der Waals surface area (Å²) in [6.45, 7) is -0.0974. The number of esters is 1. The predicted octanol–water partition coefficient (Wildman–Crippen LogP) is 1.52. The van der Waals surface area contributed by atoms with Gasteiger partial charge >= 0.3 is 5.97 Å². The highest BCUT2D eigenvalue weighted by Crippen LogP contribution is 2.50. The summed E-state index contributed by atoms with van der Waals surface area (Å²) in [5, 5.41) is 10.5. The van der Waals surface area contributed by atoms with Gasteiger partial charge in [0.05, 0.1) is 33.8 Å². The highest BCUT2D eigenvalue weighted by molar-refractivity contribution is 8.23. The molecule has 0 radical (unpaired) electrons. The van der Waals surface area contributed by atoms with E-state index in [0.29, 0.717) is 16.2 Å². The number of ether oxygens (including phenoxy) is 1. The Morgan fingerprint density at radius 1 is 1.39 bits per heavy atom. The van der Waals surface area contributed by atoms with Crippen LogP contribution in [0.3, 0.4) is 0 Å². The second-order valence-electron chi connectivity index (χ2n) is 5.69. The first kappa shape index (κ1) is 20.2. The van der Waals surface area contributed by atoms with E-state index in [-0.39, 0.29) is 40.9 Å². The average Bonchev–Trinajstić information content (AvgIpc) is 2.97. The standard InChI is InChI=1S/C16H15N3O7S2/c1-25-17-11(20)8-27-16-14(18-12(21)6-13(18)28-16)15(22)26-7-9-2-4-10(5-3-9)19(23)24/h2-5,13H,6-8H2,1H3,(H,17,20)/t13-/m1/s1. The van der Waals surface area contributed by atoms with Gasteiger partial charge < -0.3 is 4.74 Å². The Balaban J connectivity index is 1.67. The van der Waals surface area contributed by atoms with Crippen LogP contribution in [0.2, 0.25) is 0 Å². The molecule has 0 aromatic heterocycles. The minimum Gasteiger partial charge on any atom is -0.456 e. The van der Waals surface area contributed by atoms with Crippen molar-refractivity contribution < 1.29 is 28.9 Å². The van der Waals surface area contributed by atoms with E-state index in [0.717, 1.165) is 11.8 Å². The maximum absolute atomic E-state index is 12.6. The number of hydrogen-bond donors (Lipinski definition) is 1. The van der Waals surface area contributed by atoms with E-state index in [1.54, 1.807) is 0 Å². The Morgan fingerprint density at radius 2 is 2.11 bits per heavy atom. The number of fused-ring (bicyclic) bond motifs is 1. The molecule has 0 unspecified atom stereocenters. The Hall–Kier alpha value is -2.57.